The zero-order valence-corrected chi connectivity index (χ0v) is 19.7. The Kier molecular flexibility index (Phi) is 6.29. The molecule has 6 heteroatoms. The first-order valence-corrected chi connectivity index (χ1v) is 12.0. The molecule has 5 nitrogen and oxygen atoms in total. The van der Waals surface area contributed by atoms with Gasteiger partial charge in [0.15, 0.2) is 5.11 Å². The average Bonchev–Trinajstić information content (AvgIpc) is 2.87. The van der Waals surface area contributed by atoms with Gasteiger partial charge in [0.1, 0.15) is 5.75 Å². The van der Waals surface area contributed by atoms with Gasteiger partial charge in [-0.3, -0.25) is 9.88 Å². The first-order chi connectivity index (χ1) is 16.2. The van der Waals surface area contributed by atoms with Gasteiger partial charge in [0.2, 0.25) is 0 Å². The monoisotopic (exact) mass is 458 g/mol. The number of piperidine rings is 3. The maximum atomic E-state index is 5.79. The molecule has 33 heavy (non-hydrogen) atoms. The highest BCUT2D eigenvalue weighted by atomic mass is 32.1. The minimum atomic E-state index is 0.0599. The molecule has 3 fully saturated rings. The van der Waals surface area contributed by atoms with Gasteiger partial charge in [-0.2, -0.15) is 0 Å². The van der Waals surface area contributed by atoms with E-state index in [1.54, 1.807) is 7.11 Å². The van der Waals surface area contributed by atoms with Crippen molar-refractivity contribution in [3.05, 3.63) is 79.0 Å². The summed E-state index contributed by atoms with van der Waals surface area (Å²) in [5, 5.41) is 8.84. The highest BCUT2D eigenvalue weighted by Gasteiger charge is 2.43. The van der Waals surface area contributed by atoms with Gasteiger partial charge in [0, 0.05) is 29.9 Å². The quantitative estimate of drug-likeness (QED) is 0.393. The van der Waals surface area contributed by atoms with Gasteiger partial charge in [0.05, 0.1) is 18.7 Å². The fraction of sp³-hybridized carbons (Fsp3) is 0.333. The van der Waals surface area contributed by atoms with E-state index >= 15 is 0 Å². The molecule has 2 N–H and O–H groups in total. The predicted molar refractivity (Wildman–Crippen MR) is 139 cm³/mol. The standard InChI is InChI=1S/C27H30N4OS/c1-3-18-17-31-15-13-19(18)16-25(31)26(23-12-14-28-24-7-5-4-6-22(23)24)30-27(33)29-20-8-10-21(32-2)11-9-20/h3-12,14,18-19,25-26H,1,13,15-17H2,2H3,(H2,29,30,33)/t18?,19?,25?,26-/m1/s1. The number of hydrogen-bond donors (Lipinski definition) is 2. The molecule has 0 aliphatic carbocycles. The highest BCUT2D eigenvalue weighted by molar-refractivity contribution is 7.80. The number of thiocarbonyl (C=S) groups is 1. The molecule has 0 radical (unpaired) electrons. The fourth-order valence-electron chi connectivity index (χ4n) is 5.48. The van der Waals surface area contributed by atoms with Crippen LogP contribution in [0.25, 0.3) is 10.9 Å². The summed E-state index contributed by atoms with van der Waals surface area (Å²) in [7, 11) is 1.67. The van der Waals surface area contributed by atoms with Crippen LogP contribution in [0.2, 0.25) is 0 Å². The van der Waals surface area contributed by atoms with Gasteiger partial charge < -0.3 is 15.4 Å². The molecule has 3 aliphatic rings. The summed E-state index contributed by atoms with van der Waals surface area (Å²) in [6.45, 7) is 6.28. The first kappa shape index (κ1) is 21.9. The molecule has 3 saturated heterocycles. The maximum absolute atomic E-state index is 5.79. The number of fused-ring (bicyclic) bond motifs is 4. The fourth-order valence-corrected chi connectivity index (χ4v) is 5.72. The van der Waals surface area contributed by atoms with Crippen LogP contribution in [0.15, 0.2) is 73.4 Å². The molecule has 2 bridgehead atoms. The van der Waals surface area contributed by atoms with Gasteiger partial charge in [-0.15, -0.1) is 6.58 Å². The van der Waals surface area contributed by atoms with Gasteiger partial charge in [-0.05, 0) is 85.4 Å². The van der Waals surface area contributed by atoms with Gasteiger partial charge in [-0.1, -0.05) is 24.3 Å². The Hall–Kier alpha value is -2.96. The lowest BCUT2D eigenvalue weighted by Gasteiger charge is -2.52. The summed E-state index contributed by atoms with van der Waals surface area (Å²) < 4.78 is 5.27. The smallest absolute Gasteiger partial charge is 0.171 e. The molecule has 3 aromatic rings. The second kappa shape index (κ2) is 9.49. The average molecular weight is 459 g/mol. The molecule has 0 saturated carbocycles. The molecule has 0 spiro atoms. The number of rotatable bonds is 6. The zero-order chi connectivity index (χ0) is 22.8. The van der Waals surface area contributed by atoms with E-state index in [1.807, 2.05) is 36.5 Å². The Morgan fingerprint density at radius 2 is 2.03 bits per heavy atom. The molecule has 2 aromatic carbocycles. The van der Waals surface area contributed by atoms with Crippen LogP contribution in [-0.2, 0) is 0 Å². The third-order valence-corrected chi connectivity index (χ3v) is 7.41. The molecular formula is C27H30N4OS. The van der Waals surface area contributed by atoms with Crippen molar-refractivity contribution >= 4 is 33.9 Å². The summed E-state index contributed by atoms with van der Waals surface area (Å²) in [5.41, 5.74) is 3.19. The number of pyridine rings is 1. The molecule has 6 rings (SSSR count). The lowest BCUT2D eigenvalue weighted by molar-refractivity contribution is 0.00443. The Morgan fingerprint density at radius 3 is 2.76 bits per heavy atom. The minimum Gasteiger partial charge on any atom is -0.497 e. The minimum absolute atomic E-state index is 0.0599. The molecule has 0 amide bonds. The summed E-state index contributed by atoms with van der Waals surface area (Å²) in [5.74, 6) is 2.08. The third kappa shape index (κ3) is 4.45. The lowest BCUT2D eigenvalue weighted by atomic mass is 9.73. The number of nitrogens with one attached hydrogen (secondary N) is 2. The number of aromatic nitrogens is 1. The van der Waals surface area contributed by atoms with Gasteiger partial charge in [-0.25, -0.2) is 0 Å². The topological polar surface area (TPSA) is 49.4 Å². The zero-order valence-electron chi connectivity index (χ0n) is 18.9. The van der Waals surface area contributed by atoms with Crippen molar-refractivity contribution in [3.8, 4) is 5.75 Å². The van der Waals surface area contributed by atoms with Crippen LogP contribution < -0.4 is 15.4 Å². The van der Waals surface area contributed by atoms with E-state index in [4.69, 9.17) is 17.0 Å². The van der Waals surface area contributed by atoms with Crippen LogP contribution in [0.3, 0.4) is 0 Å². The van der Waals surface area contributed by atoms with Crippen molar-refractivity contribution in [1.29, 1.82) is 0 Å². The van der Waals surface area contributed by atoms with E-state index in [-0.39, 0.29) is 6.04 Å². The van der Waals surface area contributed by atoms with Crippen LogP contribution in [0.4, 0.5) is 5.69 Å². The highest BCUT2D eigenvalue weighted by Crippen LogP contribution is 2.42. The van der Waals surface area contributed by atoms with E-state index < -0.39 is 0 Å². The summed E-state index contributed by atoms with van der Waals surface area (Å²) in [4.78, 5) is 7.21. The van der Waals surface area contributed by atoms with E-state index in [1.165, 1.54) is 17.4 Å². The second-order valence-corrected chi connectivity index (χ2v) is 9.38. The van der Waals surface area contributed by atoms with Crippen molar-refractivity contribution in [2.24, 2.45) is 11.8 Å². The van der Waals surface area contributed by atoms with E-state index in [0.29, 0.717) is 23.0 Å². The van der Waals surface area contributed by atoms with Crippen molar-refractivity contribution in [2.45, 2.75) is 24.9 Å². The lowest BCUT2D eigenvalue weighted by Crippen LogP contribution is -2.57. The molecule has 5 atom stereocenters. The SMILES string of the molecule is C=CC1CN2CCC1CC2[C@H](NC(=S)Nc1ccc(OC)cc1)c1ccnc2ccccc12. The number of para-hydroxylation sites is 1. The largest absolute Gasteiger partial charge is 0.497 e. The molecule has 4 heterocycles. The molecule has 170 valence electrons. The number of nitrogens with zero attached hydrogens (tertiary/aromatic N) is 2. The van der Waals surface area contributed by atoms with Crippen LogP contribution in [0.1, 0.15) is 24.4 Å². The van der Waals surface area contributed by atoms with E-state index in [2.05, 4.69) is 57.4 Å². The number of hydrogen-bond acceptors (Lipinski definition) is 4. The van der Waals surface area contributed by atoms with E-state index in [9.17, 15) is 0 Å². The Labute approximate surface area is 200 Å². The predicted octanol–water partition coefficient (Wildman–Crippen LogP) is 5.17. The van der Waals surface area contributed by atoms with Crippen molar-refractivity contribution in [2.75, 3.05) is 25.5 Å². The molecule has 1 aromatic heterocycles. The van der Waals surface area contributed by atoms with Crippen molar-refractivity contribution < 1.29 is 4.74 Å². The van der Waals surface area contributed by atoms with Crippen LogP contribution >= 0.6 is 12.2 Å². The summed E-state index contributed by atoms with van der Waals surface area (Å²) >= 11 is 5.79. The summed E-state index contributed by atoms with van der Waals surface area (Å²) in [6, 6.07) is 18.7. The molecule has 4 unspecified atom stereocenters. The van der Waals surface area contributed by atoms with Gasteiger partial charge in [0.25, 0.3) is 0 Å². The van der Waals surface area contributed by atoms with Crippen molar-refractivity contribution in [1.82, 2.24) is 15.2 Å². The Bertz CT molecular complexity index is 1140. The Morgan fingerprint density at radius 1 is 1.21 bits per heavy atom. The first-order valence-electron chi connectivity index (χ1n) is 11.6. The number of ether oxygens (including phenoxy) is 1. The molecular weight excluding hydrogens is 428 g/mol. The van der Waals surface area contributed by atoms with Crippen molar-refractivity contribution in [3.63, 3.8) is 0 Å². The third-order valence-electron chi connectivity index (χ3n) is 7.19. The van der Waals surface area contributed by atoms with Crippen LogP contribution in [0, 0.1) is 11.8 Å². The number of anilines is 1. The van der Waals surface area contributed by atoms with Crippen LogP contribution in [-0.4, -0.2) is 41.2 Å². The molecule has 3 aliphatic heterocycles. The normalized spacial score (nSPS) is 24.8. The summed E-state index contributed by atoms with van der Waals surface area (Å²) in [6.07, 6.45) is 6.43. The number of benzene rings is 2. The maximum Gasteiger partial charge on any atom is 0.171 e. The Balaban J connectivity index is 1.45. The van der Waals surface area contributed by atoms with E-state index in [0.717, 1.165) is 36.5 Å². The number of methoxy groups -OCH3 is 1. The van der Waals surface area contributed by atoms with Crippen LogP contribution in [0.5, 0.6) is 5.75 Å². The van der Waals surface area contributed by atoms with Gasteiger partial charge >= 0.3 is 0 Å². The second-order valence-electron chi connectivity index (χ2n) is 8.97.